The number of halogens is 3. The van der Waals surface area contributed by atoms with Crippen LogP contribution in [0.3, 0.4) is 0 Å². The van der Waals surface area contributed by atoms with Crippen LogP contribution in [0.5, 0.6) is 11.6 Å². The standard InChI is InChI=1S/C25H30F3N3O6/c1-31-21(24(33)35-15-34-23(32)18-5-3-2-4-6-18)22(29-30-31)36-19-11-7-16(8-12-19)17-9-13-20(14-10-17)37-25(26,27)28/h9-10,13-14,16,18-19H,2-8,11-12,15H2,1H3. The summed E-state index contributed by atoms with van der Waals surface area (Å²) in [6.45, 7) is -0.489. The third-order valence-electron chi connectivity index (χ3n) is 6.86. The fourth-order valence-electron chi connectivity index (χ4n) is 4.92. The summed E-state index contributed by atoms with van der Waals surface area (Å²) in [6.07, 6.45) is 2.57. The second-order valence-corrected chi connectivity index (χ2v) is 9.42. The number of aryl methyl sites for hydroxylation is 1. The molecule has 12 heteroatoms. The number of benzene rings is 1. The lowest BCUT2D eigenvalue weighted by atomic mass is 9.83. The molecule has 2 fully saturated rings. The third kappa shape index (κ3) is 7.36. The molecule has 0 radical (unpaired) electrons. The molecule has 2 aromatic rings. The van der Waals surface area contributed by atoms with Crippen molar-refractivity contribution in [3.63, 3.8) is 0 Å². The number of nitrogens with zero attached hydrogens (tertiary/aromatic N) is 3. The molecular formula is C25H30F3N3O6. The summed E-state index contributed by atoms with van der Waals surface area (Å²) in [4.78, 5) is 24.8. The zero-order valence-corrected chi connectivity index (χ0v) is 20.5. The first-order valence-corrected chi connectivity index (χ1v) is 12.5. The number of carbonyl (C=O) groups is 2. The van der Waals surface area contributed by atoms with Gasteiger partial charge in [0.25, 0.3) is 5.88 Å². The maximum Gasteiger partial charge on any atom is 0.573 e. The molecule has 0 atom stereocenters. The van der Waals surface area contributed by atoms with Gasteiger partial charge in [0.2, 0.25) is 12.5 Å². The van der Waals surface area contributed by atoms with E-state index in [1.54, 1.807) is 12.1 Å². The van der Waals surface area contributed by atoms with E-state index < -0.39 is 19.1 Å². The number of ether oxygens (including phenoxy) is 4. The van der Waals surface area contributed by atoms with Crippen molar-refractivity contribution in [1.29, 1.82) is 0 Å². The Morgan fingerprint density at radius 1 is 0.973 bits per heavy atom. The Morgan fingerprint density at radius 2 is 1.65 bits per heavy atom. The van der Waals surface area contributed by atoms with E-state index in [-0.39, 0.29) is 41.2 Å². The van der Waals surface area contributed by atoms with E-state index >= 15 is 0 Å². The van der Waals surface area contributed by atoms with Crippen molar-refractivity contribution in [2.45, 2.75) is 76.2 Å². The molecule has 2 aliphatic carbocycles. The van der Waals surface area contributed by atoms with E-state index in [9.17, 15) is 22.8 Å². The van der Waals surface area contributed by atoms with Crippen LogP contribution in [0.15, 0.2) is 24.3 Å². The van der Waals surface area contributed by atoms with Gasteiger partial charge < -0.3 is 18.9 Å². The predicted octanol–water partition coefficient (Wildman–Crippen LogP) is 5.06. The van der Waals surface area contributed by atoms with E-state index in [0.717, 1.165) is 50.5 Å². The topological polar surface area (TPSA) is 102 Å². The molecule has 2 saturated carbocycles. The van der Waals surface area contributed by atoms with Gasteiger partial charge in [0, 0.05) is 7.05 Å². The van der Waals surface area contributed by atoms with Gasteiger partial charge >= 0.3 is 18.3 Å². The summed E-state index contributed by atoms with van der Waals surface area (Å²) in [5.74, 6) is -1.29. The molecule has 0 bridgehead atoms. The Kier molecular flexibility index (Phi) is 8.55. The number of esters is 2. The highest BCUT2D eigenvalue weighted by Crippen LogP contribution is 2.36. The highest BCUT2D eigenvalue weighted by Gasteiger charge is 2.32. The van der Waals surface area contributed by atoms with Crippen LogP contribution in [-0.4, -0.2) is 46.2 Å². The smallest absolute Gasteiger partial charge is 0.472 e. The number of carbonyl (C=O) groups excluding carboxylic acids is 2. The fourth-order valence-corrected chi connectivity index (χ4v) is 4.92. The first-order valence-electron chi connectivity index (χ1n) is 12.5. The minimum atomic E-state index is -4.72. The molecular weight excluding hydrogens is 495 g/mol. The summed E-state index contributed by atoms with van der Waals surface area (Å²) in [5, 5.41) is 7.80. The second kappa shape index (κ2) is 11.8. The van der Waals surface area contributed by atoms with E-state index in [4.69, 9.17) is 14.2 Å². The maximum absolute atomic E-state index is 12.6. The lowest BCUT2D eigenvalue weighted by molar-refractivity contribution is -0.274. The molecule has 4 rings (SSSR count). The summed E-state index contributed by atoms with van der Waals surface area (Å²) >= 11 is 0. The van der Waals surface area contributed by atoms with Crippen molar-refractivity contribution < 1.29 is 41.7 Å². The van der Waals surface area contributed by atoms with E-state index in [2.05, 4.69) is 15.0 Å². The lowest BCUT2D eigenvalue weighted by Gasteiger charge is -2.28. The normalized spacial score (nSPS) is 20.8. The monoisotopic (exact) mass is 525 g/mol. The minimum Gasteiger partial charge on any atom is -0.472 e. The third-order valence-corrected chi connectivity index (χ3v) is 6.86. The number of aromatic nitrogens is 3. The Hall–Kier alpha value is -3.31. The molecule has 0 unspecified atom stereocenters. The maximum atomic E-state index is 12.6. The van der Waals surface area contributed by atoms with Gasteiger partial charge in [-0.25, -0.2) is 9.48 Å². The number of hydrogen-bond acceptors (Lipinski definition) is 8. The molecule has 37 heavy (non-hydrogen) atoms. The van der Waals surface area contributed by atoms with Gasteiger partial charge in [-0.1, -0.05) is 41.7 Å². The predicted molar refractivity (Wildman–Crippen MR) is 123 cm³/mol. The molecule has 0 N–H and O–H groups in total. The molecule has 202 valence electrons. The van der Waals surface area contributed by atoms with Gasteiger partial charge in [0.05, 0.1) is 5.92 Å². The van der Waals surface area contributed by atoms with Crippen molar-refractivity contribution in [2.75, 3.05) is 6.79 Å². The van der Waals surface area contributed by atoms with Gasteiger partial charge in [-0.3, -0.25) is 4.79 Å². The fraction of sp³-hybridized carbons (Fsp3) is 0.600. The molecule has 0 saturated heterocycles. The highest BCUT2D eigenvalue weighted by atomic mass is 19.4. The average molecular weight is 526 g/mol. The summed E-state index contributed by atoms with van der Waals surface area (Å²) in [7, 11) is 1.54. The van der Waals surface area contributed by atoms with Gasteiger partial charge in [-0.2, -0.15) is 0 Å². The van der Waals surface area contributed by atoms with Crippen LogP contribution >= 0.6 is 0 Å². The van der Waals surface area contributed by atoms with Gasteiger partial charge in [-0.05, 0) is 62.1 Å². The molecule has 9 nitrogen and oxygen atoms in total. The van der Waals surface area contributed by atoms with Crippen LogP contribution in [0.25, 0.3) is 0 Å². The second-order valence-electron chi connectivity index (χ2n) is 9.42. The summed E-state index contributed by atoms with van der Waals surface area (Å²) < 4.78 is 58.5. The highest BCUT2D eigenvalue weighted by molar-refractivity contribution is 5.89. The Morgan fingerprint density at radius 3 is 2.30 bits per heavy atom. The van der Waals surface area contributed by atoms with E-state index in [1.165, 1.54) is 23.9 Å². The zero-order chi connectivity index (χ0) is 26.4. The van der Waals surface area contributed by atoms with E-state index in [0.29, 0.717) is 12.8 Å². The van der Waals surface area contributed by atoms with Crippen molar-refractivity contribution in [3.05, 3.63) is 35.5 Å². The average Bonchev–Trinajstić information content (AvgIpc) is 3.24. The van der Waals surface area contributed by atoms with Crippen LogP contribution in [0.4, 0.5) is 13.2 Å². The first kappa shape index (κ1) is 26.7. The van der Waals surface area contributed by atoms with Gasteiger partial charge in [0.15, 0.2) is 0 Å². The molecule has 2 aliphatic rings. The number of hydrogen-bond donors (Lipinski definition) is 0. The molecule has 0 spiro atoms. The first-order chi connectivity index (χ1) is 17.7. The van der Waals surface area contributed by atoms with Crippen molar-refractivity contribution in [3.8, 4) is 11.6 Å². The Labute approximate surface area is 212 Å². The zero-order valence-electron chi connectivity index (χ0n) is 20.5. The largest absolute Gasteiger partial charge is 0.573 e. The summed E-state index contributed by atoms with van der Waals surface area (Å²) in [6, 6.07) is 5.92. The van der Waals surface area contributed by atoms with Crippen LogP contribution in [0.2, 0.25) is 0 Å². The van der Waals surface area contributed by atoms with Gasteiger partial charge in [-0.15, -0.1) is 13.2 Å². The molecule has 1 aromatic heterocycles. The quantitative estimate of drug-likeness (QED) is 0.348. The minimum absolute atomic E-state index is 0.0242. The SMILES string of the molecule is Cn1nnc(OC2CCC(c3ccc(OC(F)(F)F)cc3)CC2)c1C(=O)OCOC(=O)C1CCCCC1. The Balaban J connectivity index is 1.26. The number of alkyl halides is 3. The summed E-state index contributed by atoms with van der Waals surface area (Å²) in [5.41, 5.74) is 0.954. The molecule has 1 aromatic carbocycles. The van der Waals surface area contributed by atoms with Crippen LogP contribution < -0.4 is 9.47 Å². The molecule has 0 amide bonds. The van der Waals surface area contributed by atoms with Crippen LogP contribution in [0, 0.1) is 5.92 Å². The number of rotatable bonds is 8. The molecule has 0 aliphatic heterocycles. The lowest BCUT2D eigenvalue weighted by Crippen LogP contribution is -2.25. The van der Waals surface area contributed by atoms with Crippen molar-refractivity contribution >= 4 is 11.9 Å². The van der Waals surface area contributed by atoms with Crippen LogP contribution in [-0.2, 0) is 21.3 Å². The molecule has 1 heterocycles. The van der Waals surface area contributed by atoms with Crippen LogP contribution in [0.1, 0.15) is 79.8 Å². The van der Waals surface area contributed by atoms with Crippen molar-refractivity contribution in [2.24, 2.45) is 13.0 Å². The van der Waals surface area contributed by atoms with Crippen molar-refractivity contribution in [1.82, 2.24) is 15.0 Å². The Bertz CT molecular complexity index is 1060. The van der Waals surface area contributed by atoms with E-state index in [1.807, 2.05) is 0 Å². The van der Waals surface area contributed by atoms with Gasteiger partial charge in [0.1, 0.15) is 11.9 Å².